The van der Waals surface area contributed by atoms with E-state index in [0.717, 1.165) is 9.26 Å². The number of nitrogens with one attached hydrogen (secondary N) is 1. The van der Waals surface area contributed by atoms with Gasteiger partial charge in [-0.3, -0.25) is 9.88 Å². The fourth-order valence-corrected chi connectivity index (χ4v) is 2.05. The van der Waals surface area contributed by atoms with Crippen molar-refractivity contribution in [3.05, 3.63) is 46.1 Å². The highest BCUT2D eigenvalue weighted by Crippen LogP contribution is 2.22. The molecule has 6 heteroatoms. The fraction of sp³-hybridized carbons (Fsp3) is 0.0909. The van der Waals surface area contributed by atoms with Crippen molar-refractivity contribution in [1.29, 1.82) is 0 Å². The lowest BCUT2D eigenvalue weighted by Crippen LogP contribution is -2.29. The van der Waals surface area contributed by atoms with Crippen molar-refractivity contribution in [2.75, 3.05) is 4.90 Å². The van der Waals surface area contributed by atoms with E-state index in [2.05, 4.69) is 32.6 Å². The normalized spacial score (nSPS) is 10.2. The molecule has 0 unspecified atom stereocenters. The van der Waals surface area contributed by atoms with Gasteiger partial charge in [-0.25, -0.2) is 4.79 Å². The molecular weight excluding hydrogens is 333 g/mol. The summed E-state index contributed by atoms with van der Waals surface area (Å²) in [6.45, 7) is 0.282. The highest BCUT2D eigenvalue weighted by Gasteiger charge is 2.17. The first-order valence-corrected chi connectivity index (χ1v) is 5.98. The number of carboxylic acid groups (broad SMARTS) is 1. The summed E-state index contributed by atoms with van der Waals surface area (Å²) in [7, 11) is 0. The summed E-state index contributed by atoms with van der Waals surface area (Å²) in [6.07, 6.45) is 3.97. The van der Waals surface area contributed by atoms with Crippen LogP contribution in [-0.4, -0.2) is 21.2 Å². The van der Waals surface area contributed by atoms with Gasteiger partial charge < -0.3 is 10.1 Å². The maximum absolute atomic E-state index is 11.3. The minimum absolute atomic E-state index is 0.282. The van der Waals surface area contributed by atoms with Crippen LogP contribution in [0.2, 0.25) is 0 Å². The Morgan fingerprint density at radius 3 is 2.94 bits per heavy atom. The van der Waals surface area contributed by atoms with Gasteiger partial charge in [0.1, 0.15) is 0 Å². The van der Waals surface area contributed by atoms with Crippen LogP contribution in [0, 0.1) is 3.57 Å². The van der Waals surface area contributed by atoms with E-state index in [9.17, 15) is 9.90 Å². The van der Waals surface area contributed by atoms with E-state index in [0.29, 0.717) is 5.69 Å². The van der Waals surface area contributed by atoms with Gasteiger partial charge in [-0.05, 0) is 40.8 Å². The number of aromatic nitrogens is 2. The zero-order valence-electron chi connectivity index (χ0n) is 8.80. The van der Waals surface area contributed by atoms with Gasteiger partial charge in [-0.15, -0.1) is 0 Å². The molecule has 0 aromatic carbocycles. The lowest BCUT2D eigenvalue weighted by atomic mass is 10.3. The predicted octanol–water partition coefficient (Wildman–Crippen LogP) is 2.70. The summed E-state index contributed by atoms with van der Waals surface area (Å²) >= 11 is 2.09. The van der Waals surface area contributed by atoms with E-state index in [-0.39, 0.29) is 6.54 Å². The van der Waals surface area contributed by atoms with Crippen LogP contribution in [0.4, 0.5) is 10.5 Å². The molecule has 0 aliphatic rings. The third-order valence-electron chi connectivity index (χ3n) is 2.26. The van der Waals surface area contributed by atoms with Crippen LogP contribution in [0.5, 0.6) is 0 Å². The van der Waals surface area contributed by atoms with Gasteiger partial charge in [-0.1, -0.05) is 0 Å². The van der Waals surface area contributed by atoms with Crippen LogP contribution >= 0.6 is 22.6 Å². The Morgan fingerprint density at radius 1 is 1.53 bits per heavy atom. The number of halogens is 1. The second kappa shape index (κ2) is 5.17. The first-order chi connectivity index (χ1) is 8.18. The highest BCUT2D eigenvalue weighted by atomic mass is 127. The van der Waals surface area contributed by atoms with Crippen LogP contribution in [-0.2, 0) is 6.54 Å². The summed E-state index contributed by atoms with van der Waals surface area (Å²) in [5, 5.41) is 9.23. The third-order valence-corrected chi connectivity index (χ3v) is 3.17. The molecule has 2 aromatic heterocycles. The highest BCUT2D eigenvalue weighted by molar-refractivity contribution is 14.1. The second-order valence-electron chi connectivity index (χ2n) is 3.39. The summed E-state index contributed by atoms with van der Waals surface area (Å²) < 4.78 is 0.853. The molecule has 0 aliphatic carbocycles. The Kier molecular flexibility index (Phi) is 3.62. The van der Waals surface area contributed by atoms with E-state index in [1.165, 1.54) is 4.90 Å². The molecule has 2 heterocycles. The number of nitrogens with zero attached hydrogens (tertiary/aromatic N) is 2. The molecule has 0 atom stereocenters. The molecule has 0 saturated heterocycles. The van der Waals surface area contributed by atoms with Crippen LogP contribution < -0.4 is 4.90 Å². The second-order valence-corrected chi connectivity index (χ2v) is 4.55. The molecule has 0 bridgehead atoms. The summed E-state index contributed by atoms with van der Waals surface area (Å²) in [6, 6.07) is 5.46. The molecule has 5 nitrogen and oxygen atoms in total. The zero-order chi connectivity index (χ0) is 12.3. The summed E-state index contributed by atoms with van der Waals surface area (Å²) in [5.74, 6) is 0. The van der Waals surface area contributed by atoms with E-state index < -0.39 is 6.09 Å². The van der Waals surface area contributed by atoms with E-state index in [4.69, 9.17) is 0 Å². The number of hydrogen-bond donors (Lipinski definition) is 2. The quantitative estimate of drug-likeness (QED) is 0.842. The molecular formula is C11H10IN3O2. The molecule has 0 saturated carbocycles. The molecule has 2 N–H and O–H groups in total. The van der Waals surface area contributed by atoms with Crippen molar-refractivity contribution in [3.63, 3.8) is 0 Å². The molecule has 0 spiro atoms. The number of aromatic amines is 1. The van der Waals surface area contributed by atoms with Crippen molar-refractivity contribution in [2.45, 2.75) is 6.54 Å². The molecule has 2 rings (SSSR count). The van der Waals surface area contributed by atoms with Crippen molar-refractivity contribution in [3.8, 4) is 0 Å². The Balaban J connectivity index is 2.30. The monoisotopic (exact) mass is 343 g/mol. The largest absolute Gasteiger partial charge is 0.465 e. The number of anilines is 1. The van der Waals surface area contributed by atoms with Gasteiger partial charge >= 0.3 is 6.09 Å². The maximum Gasteiger partial charge on any atom is 0.412 e. The number of H-pyrrole nitrogens is 1. The average Bonchev–Trinajstić information content (AvgIpc) is 2.79. The van der Waals surface area contributed by atoms with Crippen molar-refractivity contribution >= 4 is 34.4 Å². The lowest BCUT2D eigenvalue weighted by molar-refractivity contribution is 0.201. The molecule has 0 aliphatic heterocycles. The number of pyridine rings is 1. The lowest BCUT2D eigenvalue weighted by Gasteiger charge is -2.19. The molecule has 1 amide bonds. The zero-order valence-corrected chi connectivity index (χ0v) is 11.0. The third kappa shape index (κ3) is 2.76. The summed E-state index contributed by atoms with van der Waals surface area (Å²) in [4.78, 5) is 19.5. The van der Waals surface area contributed by atoms with Crippen LogP contribution in [0.25, 0.3) is 0 Å². The average molecular weight is 343 g/mol. The smallest absolute Gasteiger partial charge is 0.412 e. The van der Waals surface area contributed by atoms with Gasteiger partial charge in [0.25, 0.3) is 0 Å². The molecule has 17 heavy (non-hydrogen) atoms. The van der Waals surface area contributed by atoms with Crippen LogP contribution in [0.15, 0.2) is 36.8 Å². The summed E-state index contributed by atoms with van der Waals surface area (Å²) in [5.41, 5.74) is 1.43. The first-order valence-electron chi connectivity index (χ1n) is 4.90. The van der Waals surface area contributed by atoms with Crippen molar-refractivity contribution < 1.29 is 9.90 Å². The van der Waals surface area contributed by atoms with Crippen molar-refractivity contribution in [1.82, 2.24) is 9.97 Å². The minimum Gasteiger partial charge on any atom is -0.465 e. The Bertz CT molecular complexity index is 513. The number of carbonyl (C=O) groups is 1. The Labute approximate surface area is 112 Å². The SMILES string of the molecule is O=C(O)N(Cc1ccc[nH]1)c1cnccc1I. The van der Waals surface area contributed by atoms with Gasteiger partial charge in [0.15, 0.2) is 0 Å². The van der Waals surface area contributed by atoms with Crippen molar-refractivity contribution in [2.24, 2.45) is 0 Å². The van der Waals surface area contributed by atoms with E-state index in [1.807, 2.05) is 12.1 Å². The predicted molar refractivity (Wildman–Crippen MR) is 72.0 cm³/mol. The molecule has 0 radical (unpaired) electrons. The maximum atomic E-state index is 11.3. The number of rotatable bonds is 3. The van der Waals surface area contributed by atoms with Crippen LogP contribution in [0.1, 0.15) is 5.69 Å². The Morgan fingerprint density at radius 2 is 2.35 bits per heavy atom. The first kappa shape index (κ1) is 11.9. The standard InChI is InChI=1S/C11H10IN3O2/c12-9-3-5-13-6-10(9)15(11(16)17)7-8-2-1-4-14-8/h1-6,14H,7H2,(H,16,17). The Hall–Kier alpha value is -1.57. The van der Waals surface area contributed by atoms with Gasteiger partial charge in [-0.2, -0.15) is 0 Å². The van der Waals surface area contributed by atoms with E-state index >= 15 is 0 Å². The van der Waals surface area contributed by atoms with Gasteiger partial charge in [0, 0.05) is 21.7 Å². The topological polar surface area (TPSA) is 69.2 Å². The van der Waals surface area contributed by atoms with Gasteiger partial charge in [0.2, 0.25) is 0 Å². The number of amides is 1. The molecule has 88 valence electrons. The number of hydrogen-bond acceptors (Lipinski definition) is 2. The molecule has 0 fully saturated rings. The molecule has 2 aromatic rings. The van der Waals surface area contributed by atoms with Crippen LogP contribution in [0.3, 0.4) is 0 Å². The minimum atomic E-state index is -0.995. The fourth-order valence-electron chi connectivity index (χ4n) is 1.46. The van der Waals surface area contributed by atoms with E-state index in [1.54, 1.807) is 24.7 Å². The van der Waals surface area contributed by atoms with Gasteiger partial charge in [0.05, 0.1) is 18.4 Å².